The van der Waals surface area contributed by atoms with Crippen LogP contribution in [0.25, 0.3) is 0 Å². The molecule has 20 heavy (non-hydrogen) atoms. The second kappa shape index (κ2) is 5.27. The van der Waals surface area contributed by atoms with Crippen molar-refractivity contribution in [1.82, 2.24) is 0 Å². The molecule has 0 fully saturated rings. The van der Waals surface area contributed by atoms with Crippen molar-refractivity contribution >= 4 is 0 Å². The Hall–Kier alpha value is -1.24. The number of ether oxygens (including phenoxy) is 1. The van der Waals surface area contributed by atoms with E-state index in [4.69, 9.17) is 4.74 Å². The highest BCUT2D eigenvalue weighted by molar-refractivity contribution is 5.33. The standard InChI is InChI=1S/C19H28O/c1-14-7-12-17(14)20-16-10-8-15(9-11-16)19(5,6)13-18(2,3)4/h8-12,14H,7,13H2,1-6H3. The quantitative estimate of drug-likeness (QED) is 0.683. The van der Waals surface area contributed by atoms with Crippen LogP contribution in [0.5, 0.6) is 5.75 Å². The Morgan fingerprint density at radius 3 is 2.05 bits per heavy atom. The molecule has 1 nitrogen and oxygen atoms in total. The van der Waals surface area contributed by atoms with E-state index in [2.05, 4.69) is 71.9 Å². The lowest BCUT2D eigenvalue weighted by molar-refractivity contribution is 0.283. The van der Waals surface area contributed by atoms with Crippen molar-refractivity contribution in [3.05, 3.63) is 41.7 Å². The van der Waals surface area contributed by atoms with Gasteiger partial charge in [-0.05, 0) is 47.4 Å². The highest BCUT2D eigenvalue weighted by Crippen LogP contribution is 2.37. The number of hydrogen-bond acceptors (Lipinski definition) is 1. The molecule has 1 aliphatic rings. The van der Waals surface area contributed by atoms with Gasteiger partial charge in [0.1, 0.15) is 11.5 Å². The summed E-state index contributed by atoms with van der Waals surface area (Å²) >= 11 is 0. The lowest BCUT2D eigenvalue weighted by Crippen LogP contribution is -2.24. The van der Waals surface area contributed by atoms with E-state index in [-0.39, 0.29) is 5.41 Å². The van der Waals surface area contributed by atoms with Crippen molar-refractivity contribution < 1.29 is 4.74 Å². The van der Waals surface area contributed by atoms with Gasteiger partial charge >= 0.3 is 0 Å². The molecule has 0 radical (unpaired) electrons. The predicted molar refractivity (Wildman–Crippen MR) is 86.0 cm³/mol. The zero-order valence-electron chi connectivity index (χ0n) is 13.8. The number of hydrogen-bond donors (Lipinski definition) is 0. The second-order valence-electron chi connectivity index (χ2n) is 7.99. The summed E-state index contributed by atoms with van der Waals surface area (Å²) in [6, 6.07) is 8.63. The van der Waals surface area contributed by atoms with E-state index < -0.39 is 0 Å². The topological polar surface area (TPSA) is 9.23 Å². The molecular formula is C19H28O. The van der Waals surface area contributed by atoms with Gasteiger partial charge in [-0.3, -0.25) is 0 Å². The Balaban J connectivity index is 2.07. The van der Waals surface area contributed by atoms with Crippen molar-refractivity contribution in [2.45, 2.75) is 59.8 Å². The molecule has 1 atom stereocenters. The Morgan fingerprint density at radius 2 is 1.65 bits per heavy atom. The van der Waals surface area contributed by atoms with E-state index in [0.29, 0.717) is 11.3 Å². The van der Waals surface area contributed by atoms with Crippen molar-refractivity contribution in [3.63, 3.8) is 0 Å². The van der Waals surface area contributed by atoms with Gasteiger partial charge in [0.15, 0.2) is 0 Å². The van der Waals surface area contributed by atoms with Crippen LogP contribution in [0.4, 0.5) is 0 Å². The van der Waals surface area contributed by atoms with Gasteiger partial charge in [-0.2, -0.15) is 0 Å². The minimum Gasteiger partial charge on any atom is -0.462 e. The first-order valence-corrected chi connectivity index (χ1v) is 7.66. The number of rotatable bonds is 4. The largest absolute Gasteiger partial charge is 0.462 e. The Morgan fingerprint density at radius 1 is 1.05 bits per heavy atom. The maximum atomic E-state index is 5.89. The van der Waals surface area contributed by atoms with E-state index in [1.807, 2.05) is 0 Å². The van der Waals surface area contributed by atoms with Gasteiger partial charge in [0.05, 0.1) is 0 Å². The summed E-state index contributed by atoms with van der Waals surface area (Å²) in [6.07, 6.45) is 4.48. The first kappa shape index (κ1) is 15.2. The normalized spacial score (nSPS) is 19.3. The molecule has 0 saturated heterocycles. The molecule has 110 valence electrons. The summed E-state index contributed by atoms with van der Waals surface area (Å²) in [5.41, 5.74) is 1.92. The molecular weight excluding hydrogens is 244 g/mol. The summed E-state index contributed by atoms with van der Waals surface area (Å²) < 4.78 is 5.89. The molecule has 0 N–H and O–H groups in total. The Bertz CT molecular complexity index is 485. The van der Waals surface area contributed by atoms with Crippen LogP contribution in [0, 0.1) is 11.3 Å². The number of allylic oxidation sites excluding steroid dienone is 2. The zero-order chi connectivity index (χ0) is 15.0. The molecule has 0 heterocycles. The van der Waals surface area contributed by atoms with E-state index in [1.165, 1.54) is 12.0 Å². The predicted octanol–water partition coefficient (Wildman–Crippen LogP) is 5.70. The van der Waals surface area contributed by atoms with Crippen LogP contribution in [0.15, 0.2) is 36.1 Å². The third-order valence-electron chi connectivity index (χ3n) is 4.00. The van der Waals surface area contributed by atoms with E-state index in [1.54, 1.807) is 0 Å². The molecule has 0 aliphatic heterocycles. The van der Waals surface area contributed by atoms with Crippen molar-refractivity contribution in [3.8, 4) is 5.75 Å². The fraction of sp³-hybridized carbons (Fsp3) is 0.579. The third kappa shape index (κ3) is 3.65. The van der Waals surface area contributed by atoms with Gasteiger partial charge in [-0.1, -0.05) is 53.7 Å². The van der Waals surface area contributed by atoms with Crippen LogP contribution in [0.3, 0.4) is 0 Å². The molecule has 0 saturated carbocycles. The Labute approximate surface area is 124 Å². The highest BCUT2D eigenvalue weighted by atomic mass is 16.5. The monoisotopic (exact) mass is 272 g/mol. The van der Waals surface area contributed by atoms with Crippen LogP contribution in [-0.2, 0) is 5.41 Å². The molecule has 0 spiro atoms. The maximum Gasteiger partial charge on any atom is 0.126 e. The average Bonchev–Trinajstić information content (AvgIpc) is 2.32. The molecule has 0 bridgehead atoms. The van der Waals surface area contributed by atoms with Gasteiger partial charge in [-0.25, -0.2) is 0 Å². The zero-order valence-corrected chi connectivity index (χ0v) is 13.8. The van der Waals surface area contributed by atoms with Crippen LogP contribution >= 0.6 is 0 Å². The molecule has 1 heteroatoms. The van der Waals surface area contributed by atoms with Crippen molar-refractivity contribution in [2.24, 2.45) is 11.3 Å². The van der Waals surface area contributed by atoms with Crippen LogP contribution in [-0.4, -0.2) is 0 Å². The molecule has 1 unspecified atom stereocenters. The van der Waals surface area contributed by atoms with Crippen molar-refractivity contribution in [2.75, 3.05) is 0 Å². The maximum absolute atomic E-state index is 5.89. The first-order valence-electron chi connectivity index (χ1n) is 7.66. The molecule has 1 aromatic rings. The van der Waals surface area contributed by atoms with Gasteiger partial charge in [-0.15, -0.1) is 0 Å². The fourth-order valence-electron chi connectivity index (χ4n) is 3.13. The molecule has 2 rings (SSSR count). The summed E-state index contributed by atoms with van der Waals surface area (Å²) in [4.78, 5) is 0. The summed E-state index contributed by atoms with van der Waals surface area (Å²) in [7, 11) is 0. The smallest absolute Gasteiger partial charge is 0.126 e. The van der Waals surface area contributed by atoms with Crippen LogP contribution in [0.1, 0.15) is 59.9 Å². The summed E-state index contributed by atoms with van der Waals surface area (Å²) in [5, 5.41) is 0. The van der Waals surface area contributed by atoms with E-state index in [9.17, 15) is 0 Å². The highest BCUT2D eigenvalue weighted by Gasteiger charge is 2.27. The first-order chi connectivity index (χ1) is 9.17. The van der Waals surface area contributed by atoms with Crippen LogP contribution < -0.4 is 4.74 Å². The average molecular weight is 272 g/mol. The third-order valence-corrected chi connectivity index (χ3v) is 4.00. The summed E-state index contributed by atoms with van der Waals surface area (Å²) in [6.45, 7) is 13.8. The Kier molecular flexibility index (Phi) is 4.00. The van der Waals surface area contributed by atoms with Gasteiger partial charge in [0.25, 0.3) is 0 Å². The number of benzene rings is 1. The molecule has 0 aromatic heterocycles. The summed E-state index contributed by atoms with van der Waals surface area (Å²) in [5.74, 6) is 2.65. The minimum absolute atomic E-state index is 0.194. The molecule has 1 aliphatic carbocycles. The van der Waals surface area contributed by atoms with E-state index >= 15 is 0 Å². The van der Waals surface area contributed by atoms with Gasteiger partial charge < -0.3 is 4.74 Å². The SMILES string of the molecule is CC1CC=C1Oc1ccc(C(C)(C)CC(C)(C)C)cc1. The minimum atomic E-state index is 0.194. The fourth-order valence-corrected chi connectivity index (χ4v) is 3.13. The van der Waals surface area contributed by atoms with Crippen LogP contribution in [0.2, 0.25) is 0 Å². The molecule has 0 amide bonds. The van der Waals surface area contributed by atoms with Gasteiger partial charge in [0.2, 0.25) is 0 Å². The second-order valence-corrected chi connectivity index (χ2v) is 7.99. The van der Waals surface area contributed by atoms with Crippen molar-refractivity contribution in [1.29, 1.82) is 0 Å². The van der Waals surface area contributed by atoms with Gasteiger partial charge in [0, 0.05) is 5.92 Å². The molecule has 1 aromatic carbocycles. The lowest BCUT2D eigenvalue weighted by Gasteiger charge is -2.33. The van der Waals surface area contributed by atoms with E-state index in [0.717, 1.165) is 17.9 Å². The lowest BCUT2D eigenvalue weighted by atomic mass is 9.72.